The van der Waals surface area contributed by atoms with E-state index in [-0.39, 0.29) is 0 Å². The van der Waals surface area contributed by atoms with Gasteiger partial charge in [0.25, 0.3) is 0 Å². The number of rotatable bonds is 2. The molecule has 5 aromatic heterocycles. The normalized spacial score (nSPS) is 11.8. The van der Waals surface area contributed by atoms with Crippen LogP contribution in [-0.4, -0.2) is 19.5 Å². The van der Waals surface area contributed by atoms with E-state index in [1.54, 1.807) is 12.4 Å². The van der Waals surface area contributed by atoms with Gasteiger partial charge in [0.1, 0.15) is 5.82 Å². The van der Waals surface area contributed by atoms with Crippen molar-refractivity contribution in [3.05, 3.63) is 97.6 Å². The van der Waals surface area contributed by atoms with Crippen molar-refractivity contribution in [3.63, 3.8) is 0 Å². The molecule has 0 atom stereocenters. The van der Waals surface area contributed by atoms with Gasteiger partial charge in [-0.25, -0.2) is 4.98 Å². The fraction of sp³-hybridized carbons (Fsp3) is 0. The summed E-state index contributed by atoms with van der Waals surface area (Å²) in [5.74, 6) is 0.885. The van der Waals surface area contributed by atoms with Gasteiger partial charge in [0.05, 0.1) is 16.6 Å². The highest BCUT2D eigenvalue weighted by molar-refractivity contribution is 7.26. The third-order valence-electron chi connectivity index (χ3n) is 6.02. The quantitative estimate of drug-likeness (QED) is 0.298. The smallest absolute Gasteiger partial charge is 0.137 e. The van der Waals surface area contributed by atoms with Crippen LogP contribution in [0.3, 0.4) is 0 Å². The third-order valence-corrected chi connectivity index (χ3v) is 7.22. The molecule has 5 heterocycles. The molecule has 0 aliphatic carbocycles. The third kappa shape index (κ3) is 2.46. The molecule has 5 heteroatoms. The van der Waals surface area contributed by atoms with E-state index in [1.807, 2.05) is 41.9 Å². The largest absolute Gasteiger partial charge is 0.292 e. The van der Waals surface area contributed by atoms with Crippen LogP contribution in [0.5, 0.6) is 0 Å². The van der Waals surface area contributed by atoms with Crippen LogP contribution in [0.2, 0.25) is 0 Å². The van der Waals surface area contributed by atoms with E-state index >= 15 is 0 Å². The monoisotopic (exact) mass is 428 g/mol. The Kier molecular flexibility index (Phi) is 3.68. The van der Waals surface area contributed by atoms with Gasteiger partial charge in [0, 0.05) is 55.9 Å². The SMILES string of the molecule is c1ccc2c(c1)sc1c2ccc2c1c1ncccc1n2-c1ccc(-c2ccncc2)cn1. The zero-order valence-corrected chi connectivity index (χ0v) is 17.8. The molecule has 0 spiro atoms. The molecule has 7 aromatic rings. The summed E-state index contributed by atoms with van der Waals surface area (Å²) in [5.41, 5.74) is 5.38. The maximum absolute atomic E-state index is 4.84. The second-order valence-corrected chi connectivity index (χ2v) is 8.83. The fourth-order valence-electron chi connectivity index (χ4n) is 4.57. The number of pyridine rings is 3. The summed E-state index contributed by atoms with van der Waals surface area (Å²) in [7, 11) is 0. The van der Waals surface area contributed by atoms with Gasteiger partial charge < -0.3 is 0 Å². The number of thiophene rings is 1. The number of benzene rings is 2. The van der Waals surface area contributed by atoms with Crippen molar-refractivity contribution in [3.8, 4) is 16.9 Å². The van der Waals surface area contributed by atoms with Crippen LogP contribution in [0.1, 0.15) is 0 Å². The number of hydrogen-bond donors (Lipinski definition) is 0. The summed E-state index contributed by atoms with van der Waals surface area (Å²) < 4.78 is 4.80. The van der Waals surface area contributed by atoms with Crippen molar-refractivity contribution in [2.75, 3.05) is 0 Å². The minimum Gasteiger partial charge on any atom is -0.292 e. The van der Waals surface area contributed by atoms with Crippen LogP contribution in [0, 0.1) is 0 Å². The van der Waals surface area contributed by atoms with E-state index in [9.17, 15) is 0 Å². The van der Waals surface area contributed by atoms with E-state index in [2.05, 4.69) is 64.1 Å². The Labute approximate surface area is 187 Å². The summed E-state index contributed by atoms with van der Waals surface area (Å²) in [5, 5.41) is 3.77. The summed E-state index contributed by atoms with van der Waals surface area (Å²) in [4.78, 5) is 13.7. The molecule has 0 fully saturated rings. The predicted molar refractivity (Wildman–Crippen MR) is 132 cm³/mol. The average molecular weight is 429 g/mol. The molecule has 0 bridgehead atoms. The first-order chi connectivity index (χ1) is 15.9. The van der Waals surface area contributed by atoms with Gasteiger partial charge in [0.15, 0.2) is 0 Å². The summed E-state index contributed by atoms with van der Waals surface area (Å²) in [6.07, 6.45) is 7.41. The topological polar surface area (TPSA) is 43.6 Å². The number of hydrogen-bond acceptors (Lipinski definition) is 4. The second-order valence-electron chi connectivity index (χ2n) is 7.78. The van der Waals surface area contributed by atoms with Crippen molar-refractivity contribution in [1.29, 1.82) is 0 Å². The van der Waals surface area contributed by atoms with Gasteiger partial charge in [-0.15, -0.1) is 11.3 Å². The lowest BCUT2D eigenvalue weighted by atomic mass is 10.1. The van der Waals surface area contributed by atoms with Gasteiger partial charge >= 0.3 is 0 Å². The molecule has 0 amide bonds. The van der Waals surface area contributed by atoms with Gasteiger partial charge in [0.2, 0.25) is 0 Å². The first-order valence-corrected chi connectivity index (χ1v) is 11.3. The fourth-order valence-corrected chi connectivity index (χ4v) is 5.82. The lowest BCUT2D eigenvalue weighted by Crippen LogP contribution is -1.97. The first kappa shape index (κ1) is 17.6. The van der Waals surface area contributed by atoms with Crippen molar-refractivity contribution in [2.24, 2.45) is 0 Å². The summed E-state index contributed by atoms with van der Waals surface area (Å²) in [6, 6.07) is 25.3. The Balaban J connectivity index is 1.53. The lowest BCUT2D eigenvalue weighted by molar-refractivity contribution is 1.08. The van der Waals surface area contributed by atoms with Gasteiger partial charge in [-0.3, -0.25) is 14.5 Å². The first-order valence-electron chi connectivity index (χ1n) is 10.4. The maximum atomic E-state index is 4.84. The Morgan fingerprint density at radius 3 is 2.44 bits per heavy atom. The van der Waals surface area contributed by atoms with E-state index < -0.39 is 0 Å². The van der Waals surface area contributed by atoms with Crippen LogP contribution in [-0.2, 0) is 0 Å². The standard InChI is InChI=1S/C27H16N4S/c1-2-6-23-19(4-1)20-8-9-21-25(27(20)32-23)26-22(5-3-13-29-26)31(21)24-10-7-18(16-30-24)17-11-14-28-15-12-17/h1-16H. The Hall–Kier alpha value is -4.09. The predicted octanol–water partition coefficient (Wildman–Crippen LogP) is 7.00. The van der Waals surface area contributed by atoms with Gasteiger partial charge in [-0.2, -0.15) is 0 Å². The van der Waals surface area contributed by atoms with E-state index in [0.29, 0.717) is 0 Å². The van der Waals surface area contributed by atoms with Crippen LogP contribution in [0.15, 0.2) is 97.6 Å². The lowest BCUT2D eigenvalue weighted by Gasteiger charge is -2.08. The maximum Gasteiger partial charge on any atom is 0.137 e. The van der Waals surface area contributed by atoms with Crippen molar-refractivity contribution < 1.29 is 0 Å². The number of nitrogens with zero attached hydrogens (tertiary/aromatic N) is 4. The molecule has 0 unspecified atom stereocenters. The van der Waals surface area contributed by atoms with Crippen molar-refractivity contribution >= 4 is 53.4 Å². The highest BCUT2D eigenvalue weighted by atomic mass is 32.1. The van der Waals surface area contributed by atoms with Crippen molar-refractivity contribution in [2.45, 2.75) is 0 Å². The van der Waals surface area contributed by atoms with Crippen LogP contribution < -0.4 is 0 Å². The molecule has 0 aliphatic heterocycles. The molecule has 4 nitrogen and oxygen atoms in total. The Morgan fingerprint density at radius 2 is 1.56 bits per heavy atom. The van der Waals surface area contributed by atoms with E-state index in [0.717, 1.165) is 33.5 Å². The molecule has 32 heavy (non-hydrogen) atoms. The van der Waals surface area contributed by atoms with E-state index in [1.165, 1.54) is 25.6 Å². The van der Waals surface area contributed by atoms with E-state index in [4.69, 9.17) is 9.97 Å². The molecule has 0 N–H and O–H groups in total. The molecule has 0 saturated heterocycles. The van der Waals surface area contributed by atoms with Gasteiger partial charge in [-0.05, 0) is 54.1 Å². The second kappa shape index (κ2) is 6.70. The molecule has 0 aliphatic rings. The summed E-state index contributed by atoms with van der Waals surface area (Å²) in [6.45, 7) is 0. The number of fused-ring (bicyclic) bond motifs is 7. The molecule has 0 saturated carbocycles. The molecule has 7 rings (SSSR count). The zero-order valence-electron chi connectivity index (χ0n) is 16.9. The van der Waals surface area contributed by atoms with Crippen molar-refractivity contribution in [1.82, 2.24) is 19.5 Å². The Bertz CT molecular complexity index is 1760. The minimum atomic E-state index is 0.885. The average Bonchev–Trinajstić information content (AvgIpc) is 3.40. The van der Waals surface area contributed by atoms with Crippen LogP contribution >= 0.6 is 11.3 Å². The molecular weight excluding hydrogens is 412 g/mol. The molecular formula is C27H16N4S. The van der Waals surface area contributed by atoms with Gasteiger partial charge in [-0.1, -0.05) is 24.3 Å². The molecule has 2 aromatic carbocycles. The highest BCUT2D eigenvalue weighted by Gasteiger charge is 2.18. The minimum absolute atomic E-state index is 0.885. The molecule has 150 valence electrons. The summed E-state index contributed by atoms with van der Waals surface area (Å²) >= 11 is 1.83. The van der Waals surface area contributed by atoms with Crippen LogP contribution in [0.25, 0.3) is 59.1 Å². The van der Waals surface area contributed by atoms with Crippen LogP contribution in [0.4, 0.5) is 0 Å². The Morgan fingerprint density at radius 1 is 0.656 bits per heavy atom. The highest BCUT2D eigenvalue weighted by Crippen LogP contribution is 2.42. The zero-order chi connectivity index (χ0) is 21.1. The number of aromatic nitrogens is 4. The molecule has 0 radical (unpaired) electrons.